The van der Waals surface area contributed by atoms with Crippen LogP contribution in [0, 0.1) is 6.07 Å². The van der Waals surface area contributed by atoms with Crippen LogP contribution in [0.15, 0.2) is 24.3 Å². The number of rotatable bonds is 3. The Hall–Kier alpha value is -1.02. The molecule has 1 aliphatic rings. The number of piperidine rings is 1. The van der Waals surface area contributed by atoms with Gasteiger partial charge in [0.05, 0.1) is 0 Å². The zero-order valence-electron chi connectivity index (χ0n) is 9.28. The van der Waals surface area contributed by atoms with Crippen LogP contribution in [0.2, 0.25) is 0 Å². The average Bonchev–Trinajstić information content (AvgIpc) is 2.31. The molecule has 0 aliphatic carbocycles. The predicted octanol–water partition coefficient (Wildman–Crippen LogP) is 2.35. The third-order valence-corrected chi connectivity index (χ3v) is 2.97. The Morgan fingerprint density at radius 3 is 2.60 bits per heavy atom. The summed E-state index contributed by atoms with van der Waals surface area (Å²) >= 11 is 0. The Morgan fingerprint density at radius 2 is 2.00 bits per heavy atom. The van der Waals surface area contributed by atoms with E-state index in [-0.39, 0.29) is 0 Å². The van der Waals surface area contributed by atoms with Gasteiger partial charge in [-0.15, -0.1) is 0 Å². The molecule has 1 aromatic carbocycles. The summed E-state index contributed by atoms with van der Waals surface area (Å²) in [6, 6.07) is 10.8. The van der Waals surface area contributed by atoms with Crippen molar-refractivity contribution < 1.29 is 4.74 Å². The maximum Gasteiger partial charge on any atom is 0.119 e. The molecule has 2 rings (SSSR count). The molecule has 1 saturated heterocycles. The topological polar surface area (TPSA) is 12.5 Å². The summed E-state index contributed by atoms with van der Waals surface area (Å²) in [6.45, 7) is 5.71. The standard InChI is InChI=1S/C13H18NO/c1-2-14-10-8-13(9-11-14)15-12-6-4-3-5-7-12/h4-7,13H,2,8-11H2,1H3. The maximum absolute atomic E-state index is 5.90. The van der Waals surface area contributed by atoms with Crippen molar-refractivity contribution in [3.63, 3.8) is 0 Å². The largest absolute Gasteiger partial charge is 0.490 e. The Kier molecular flexibility index (Phi) is 3.62. The lowest BCUT2D eigenvalue weighted by molar-refractivity contribution is 0.104. The van der Waals surface area contributed by atoms with Crippen molar-refractivity contribution >= 4 is 0 Å². The Morgan fingerprint density at radius 1 is 1.33 bits per heavy atom. The normalized spacial score (nSPS) is 19.0. The predicted molar refractivity (Wildman–Crippen MR) is 61.0 cm³/mol. The molecule has 1 aromatic rings. The first-order chi connectivity index (χ1) is 7.38. The zero-order chi connectivity index (χ0) is 10.5. The van der Waals surface area contributed by atoms with E-state index in [1.165, 1.54) is 13.1 Å². The van der Waals surface area contributed by atoms with Crippen molar-refractivity contribution in [2.75, 3.05) is 19.6 Å². The molecule has 0 unspecified atom stereocenters. The molecule has 0 N–H and O–H groups in total. The molecule has 2 nitrogen and oxygen atoms in total. The Balaban J connectivity index is 1.82. The first-order valence-corrected chi connectivity index (χ1v) is 5.73. The van der Waals surface area contributed by atoms with Crippen LogP contribution in [0.5, 0.6) is 5.75 Å². The van der Waals surface area contributed by atoms with E-state index in [2.05, 4.69) is 17.9 Å². The van der Waals surface area contributed by atoms with Gasteiger partial charge in [-0.25, -0.2) is 0 Å². The summed E-state index contributed by atoms with van der Waals surface area (Å²) < 4.78 is 5.90. The molecule has 1 heterocycles. The molecule has 0 aromatic heterocycles. The Labute approximate surface area is 91.9 Å². The van der Waals surface area contributed by atoms with Crippen molar-refractivity contribution in [2.24, 2.45) is 0 Å². The fraction of sp³-hybridized carbons (Fsp3) is 0.538. The summed E-state index contributed by atoms with van der Waals surface area (Å²) in [5, 5.41) is 0. The SMILES string of the molecule is CCN1CCC(Oc2cc[c]cc2)CC1. The number of hydrogen-bond donors (Lipinski definition) is 0. The number of nitrogens with zero attached hydrogens (tertiary/aromatic N) is 1. The molecule has 0 saturated carbocycles. The zero-order valence-corrected chi connectivity index (χ0v) is 9.28. The highest BCUT2D eigenvalue weighted by Gasteiger charge is 2.18. The molecular formula is C13H18NO. The van der Waals surface area contributed by atoms with Gasteiger partial charge in [-0.2, -0.15) is 0 Å². The monoisotopic (exact) mass is 204 g/mol. The van der Waals surface area contributed by atoms with Crippen LogP contribution < -0.4 is 4.74 Å². The van der Waals surface area contributed by atoms with Gasteiger partial charge in [0.2, 0.25) is 0 Å². The number of likely N-dealkylation sites (tertiary alicyclic amines) is 1. The van der Waals surface area contributed by atoms with Crippen LogP contribution in [0.4, 0.5) is 0 Å². The second kappa shape index (κ2) is 5.17. The lowest BCUT2D eigenvalue weighted by atomic mass is 10.1. The molecule has 1 radical (unpaired) electrons. The first kappa shape index (κ1) is 10.5. The number of ether oxygens (including phenoxy) is 1. The van der Waals surface area contributed by atoms with Crippen LogP contribution in [-0.4, -0.2) is 30.6 Å². The lowest BCUT2D eigenvalue weighted by Gasteiger charge is -2.31. The van der Waals surface area contributed by atoms with Crippen LogP contribution in [0.25, 0.3) is 0 Å². The highest BCUT2D eigenvalue weighted by molar-refractivity contribution is 5.20. The van der Waals surface area contributed by atoms with Crippen LogP contribution in [-0.2, 0) is 0 Å². The number of benzene rings is 1. The van der Waals surface area contributed by atoms with Gasteiger partial charge >= 0.3 is 0 Å². The summed E-state index contributed by atoms with van der Waals surface area (Å²) in [7, 11) is 0. The van der Waals surface area contributed by atoms with Crippen molar-refractivity contribution in [3.8, 4) is 5.75 Å². The van der Waals surface area contributed by atoms with Crippen LogP contribution in [0.3, 0.4) is 0 Å². The summed E-state index contributed by atoms with van der Waals surface area (Å²) in [6.07, 6.45) is 2.69. The van der Waals surface area contributed by atoms with E-state index in [1.807, 2.05) is 24.3 Å². The van der Waals surface area contributed by atoms with E-state index in [0.717, 1.165) is 25.1 Å². The van der Waals surface area contributed by atoms with Crippen molar-refractivity contribution in [1.29, 1.82) is 0 Å². The van der Waals surface area contributed by atoms with Gasteiger partial charge < -0.3 is 9.64 Å². The smallest absolute Gasteiger partial charge is 0.119 e. The fourth-order valence-electron chi connectivity index (χ4n) is 1.99. The number of hydrogen-bond acceptors (Lipinski definition) is 2. The van der Waals surface area contributed by atoms with Gasteiger partial charge in [0.1, 0.15) is 11.9 Å². The van der Waals surface area contributed by atoms with Gasteiger partial charge in [0, 0.05) is 13.1 Å². The quantitative estimate of drug-likeness (QED) is 0.749. The molecule has 2 heteroatoms. The van der Waals surface area contributed by atoms with Crippen molar-refractivity contribution in [1.82, 2.24) is 4.90 Å². The highest BCUT2D eigenvalue weighted by atomic mass is 16.5. The van der Waals surface area contributed by atoms with E-state index >= 15 is 0 Å². The van der Waals surface area contributed by atoms with E-state index in [9.17, 15) is 0 Å². The minimum atomic E-state index is 0.398. The van der Waals surface area contributed by atoms with Gasteiger partial charge in [-0.05, 0) is 37.6 Å². The minimum absolute atomic E-state index is 0.398. The molecule has 0 atom stereocenters. The highest BCUT2D eigenvalue weighted by Crippen LogP contribution is 2.17. The second-order valence-corrected chi connectivity index (χ2v) is 3.99. The molecule has 0 spiro atoms. The molecule has 81 valence electrons. The molecular weight excluding hydrogens is 186 g/mol. The van der Waals surface area contributed by atoms with Crippen LogP contribution >= 0.6 is 0 Å². The summed E-state index contributed by atoms with van der Waals surface area (Å²) in [5.41, 5.74) is 0. The van der Waals surface area contributed by atoms with Gasteiger partial charge in [-0.3, -0.25) is 0 Å². The first-order valence-electron chi connectivity index (χ1n) is 5.73. The molecule has 1 fully saturated rings. The summed E-state index contributed by atoms with van der Waals surface area (Å²) in [4.78, 5) is 2.47. The van der Waals surface area contributed by atoms with E-state index in [4.69, 9.17) is 4.74 Å². The fourth-order valence-corrected chi connectivity index (χ4v) is 1.99. The molecule has 0 bridgehead atoms. The maximum atomic E-state index is 5.90. The average molecular weight is 204 g/mol. The van der Waals surface area contributed by atoms with Crippen LogP contribution in [0.1, 0.15) is 19.8 Å². The van der Waals surface area contributed by atoms with E-state index in [0.29, 0.717) is 6.10 Å². The van der Waals surface area contributed by atoms with Crippen molar-refractivity contribution in [3.05, 3.63) is 30.3 Å². The van der Waals surface area contributed by atoms with Gasteiger partial charge in [0.25, 0.3) is 0 Å². The third-order valence-electron chi connectivity index (χ3n) is 2.97. The van der Waals surface area contributed by atoms with E-state index < -0.39 is 0 Å². The Bertz CT molecular complexity index is 278. The van der Waals surface area contributed by atoms with Gasteiger partial charge in [0.15, 0.2) is 0 Å². The van der Waals surface area contributed by atoms with Gasteiger partial charge in [-0.1, -0.05) is 19.1 Å². The summed E-state index contributed by atoms with van der Waals surface area (Å²) in [5.74, 6) is 0.976. The molecule has 15 heavy (non-hydrogen) atoms. The molecule has 1 aliphatic heterocycles. The minimum Gasteiger partial charge on any atom is -0.490 e. The lowest BCUT2D eigenvalue weighted by Crippen LogP contribution is -2.37. The third kappa shape index (κ3) is 2.96. The molecule has 0 amide bonds. The van der Waals surface area contributed by atoms with E-state index in [1.54, 1.807) is 0 Å². The second-order valence-electron chi connectivity index (χ2n) is 3.99. The van der Waals surface area contributed by atoms with Crippen molar-refractivity contribution in [2.45, 2.75) is 25.9 Å².